The highest BCUT2D eigenvalue weighted by atomic mass is 15.3. The predicted molar refractivity (Wildman–Crippen MR) is 119 cm³/mol. The standard InChI is InChI=1S/C22H33N7/c1-5-6-7-17-16(3)12-15(2)14-29(17)21-19-20(26-27-21)25-18(13-24-19)28-10-8-22(4,23)9-11-28/h5,13,15H,1,6-12,14,23H2,2-4H3,(H,25,26,27). The number of allylic oxidation sites excluding steroid dienone is 3. The van der Waals surface area contributed by atoms with Gasteiger partial charge in [-0.15, -0.1) is 6.58 Å². The number of rotatable bonds is 5. The van der Waals surface area contributed by atoms with Crippen molar-refractivity contribution >= 4 is 22.8 Å². The van der Waals surface area contributed by atoms with Gasteiger partial charge in [0.25, 0.3) is 0 Å². The molecule has 156 valence electrons. The van der Waals surface area contributed by atoms with Gasteiger partial charge >= 0.3 is 0 Å². The molecule has 3 N–H and O–H groups in total. The molecule has 2 aliphatic heterocycles. The zero-order valence-corrected chi connectivity index (χ0v) is 17.9. The minimum atomic E-state index is -0.0772. The topological polar surface area (TPSA) is 87.0 Å². The molecule has 0 aliphatic carbocycles. The first-order valence-electron chi connectivity index (χ1n) is 10.7. The summed E-state index contributed by atoms with van der Waals surface area (Å²) in [6.45, 7) is 13.3. The van der Waals surface area contributed by atoms with Crippen molar-refractivity contribution < 1.29 is 0 Å². The second kappa shape index (κ2) is 7.78. The van der Waals surface area contributed by atoms with Crippen LogP contribution in [0, 0.1) is 5.92 Å². The molecule has 0 radical (unpaired) electrons. The molecule has 1 fully saturated rings. The number of piperidine rings is 1. The number of hydrogen-bond acceptors (Lipinski definition) is 6. The van der Waals surface area contributed by atoms with Crippen LogP contribution in [0.3, 0.4) is 0 Å². The van der Waals surface area contributed by atoms with E-state index in [0.29, 0.717) is 5.92 Å². The molecule has 2 aromatic rings. The van der Waals surface area contributed by atoms with E-state index in [1.165, 1.54) is 11.3 Å². The summed E-state index contributed by atoms with van der Waals surface area (Å²) in [6, 6.07) is 0. The zero-order chi connectivity index (χ0) is 20.6. The molecule has 29 heavy (non-hydrogen) atoms. The number of aromatic amines is 1. The Bertz CT molecular complexity index is 916. The summed E-state index contributed by atoms with van der Waals surface area (Å²) in [6.07, 6.45) is 8.87. The zero-order valence-electron chi connectivity index (χ0n) is 17.9. The number of nitrogens with two attached hydrogens (primary N) is 1. The lowest BCUT2D eigenvalue weighted by Gasteiger charge is -2.37. The molecule has 2 aromatic heterocycles. The fourth-order valence-corrected chi connectivity index (χ4v) is 4.53. The minimum Gasteiger partial charge on any atom is -0.355 e. The van der Waals surface area contributed by atoms with Gasteiger partial charge in [-0.25, -0.2) is 9.97 Å². The van der Waals surface area contributed by atoms with Gasteiger partial charge in [-0.1, -0.05) is 18.6 Å². The summed E-state index contributed by atoms with van der Waals surface area (Å²) < 4.78 is 0. The van der Waals surface area contributed by atoms with Gasteiger partial charge in [-0.3, -0.25) is 5.10 Å². The van der Waals surface area contributed by atoms with E-state index in [-0.39, 0.29) is 5.54 Å². The van der Waals surface area contributed by atoms with Gasteiger partial charge in [0.2, 0.25) is 0 Å². The van der Waals surface area contributed by atoms with E-state index in [1.807, 2.05) is 12.3 Å². The van der Waals surface area contributed by atoms with Crippen molar-refractivity contribution in [3.05, 3.63) is 30.1 Å². The molecule has 7 heteroatoms. The lowest BCUT2D eigenvalue weighted by atomic mass is 9.91. The Balaban J connectivity index is 1.63. The minimum absolute atomic E-state index is 0.0772. The van der Waals surface area contributed by atoms with Crippen molar-refractivity contribution in [2.75, 3.05) is 29.4 Å². The predicted octanol–water partition coefficient (Wildman–Crippen LogP) is 3.76. The molecule has 0 bridgehead atoms. The van der Waals surface area contributed by atoms with Crippen LogP contribution in [0.15, 0.2) is 30.1 Å². The van der Waals surface area contributed by atoms with Gasteiger partial charge < -0.3 is 15.5 Å². The maximum atomic E-state index is 6.27. The fourth-order valence-electron chi connectivity index (χ4n) is 4.53. The molecular weight excluding hydrogens is 362 g/mol. The normalized spacial score (nSPS) is 22.4. The second-order valence-electron chi connectivity index (χ2n) is 9.09. The first kappa shape index (κ1) is 19.9. The van der Waals surface area contributed by atoms with E-state index < -0.39 is 0 Å². The van der Waals surface area contributed by atoms with Crippen LogP contribution >= 0.6 is 0 Å². The number of aromatic nitrogens is 4. The van der Waals surface area contributed by atoms with E-state index in [4.69, 9.17) is 15.7 Å². The third-order valence-corrected chi connectivity index (χ3v) is 6.28. The average Bonchev–Trinajstić information content (AvgIpc) is 3.10. The molecule has 0 amide bonds. The van der Waals surface area contributed by atoms with E-state index in [0.717, 1.165) is 74.5 Å². The van der Waals surface area contributed by atoms with Gasteiger partial charge in [0, 0.05) is 30.9 Å². The largest absolute Gasteiger partial charge is 0.355 e. The summed E-state index contributed by atoms with van der Waals surface area (Å²) in [5.74, 6) is 2.37. The molecule has 1 atom stereocenters. The molecule has 0 saturated carbocycles. The summed E-state index contributed by atoms with van der Waals surface area (Å²) in [5, 5.41) is 7.76. The monoisotopic (exact) mass is 395 g/mol. The Labute approximate surface area is 173 Å². The number of nitrogens with zero attached hydrogens (tertiary/aromatic N) is 5. The molecule has 4 heterocycles. The molecule has 0 aromatic carbocycles. The Hall–Kier alpha value is -2.41. The van der Waals surface area contributed by atoms with Gasteiger partial charge in [0.05, 0.1) is 6.20 Å². The Kier molecular flexibility index (Phi) is 5.34. The third kappa shape index (κ3) is 4.01. The molecule has 1 saturated heterocycles. The van der Waals surface area contributed by atoms with E-state index in [1.54, 1.807) is 0 Å². The Morgan fingerprint density at radius 2 is 2.14 bits per heavy atom. The maximum absolute atomic E-state index is 6.27. The number of H-pyrrole nitrogens is 1. The molecule has 4 rings (SSSR count). The highest BCUT2D eigenvalue weighted by molar-refractivity contribution is 5.85. The highest BCUT2D eigenvalue weighted by Crippen LogP contribution is 2.35. The van der Waals surface area contributed by atoms with Crippen LogP contribution in [0.4, 0.5) is 11.6 Å². The van der Waals surface area contributed by atoms with Crippen LogP contribution in [0.2, 0.25) is 0 Å². The molecule has 7 nitrogen and oxygen atoms in total. The average molecular weight is 396 g/mol. The number of nitrogens with one attached hydrogen (secondary N) is 1. The van der Waals surface area contributed by atoms with Crippen molar-refractivity contribution in [1.82, 2.24) is 20.2 Å². The first-order valence-corrected chi connectivity index (χ1v) is 10.7. The number of anilines is 2. The van der Waals surface area contributed by atoms with Crippen molar-refractivity contribution in [1.29, 1.82) is 0 Å². The lowest BCUT2D eigenvalue weighted by molar-refractivity contribution is 0.363. The van der Waals surface area contributed by atoms with Crippen LogP contribution in [-0.4, -0.2) is 45.3 Å². The summed E-state index contributed by atoms with van der Waals surface area (Å²) in [4.78, 5) is 14.2. The lowest BCUT2D eigenvalue weighted by Crippen LogP contribution is -2.48. The SMILES string of the molecule is C=CCCC1=C(C)CC(C)CN1c1n[nH]c2nc(N3CCC(C)(N)CC3)cnc12. The quantitative estimate of drug-likeness (QED) is 0.750. The van der Waals surface area contributed by atoms with Crippen molar-refractivity contribution in [2.45, 2.75) is 58.4 Å². The van der Waals surface area contributed by atoms with Gasteiger partial charge in [0.15, 0.2) is 17.0 Å². The van der Waals surface area contributed by atoms with Gasteiger partial charge in [-0.05, 0) is 51.9 Å². The Morgan fingerprint density at radius 3 is 2.86 bits per heavy atom. The van der Waals surface area contributed by atoms with Crippen LogP contribution in [-0.2, 0) is 0 Å². The first-order chi connectivity index (χ1) is 13.9. The van der Waals surface area contributed by atoms with Crippen LogP contribution in [0.25, 0.3) is 11.2 Å². The van der Waals surface area contributed by atoms with Crippen LogP contribution in [0.1, 0.15) is 52.9 Å². The molecule has 0 spiro atoms. The Morgan fingerprint density at radius 1 is 1.38 bits per heavy atom. The molecule has 1 unspecified atom stereocenters. The van der Waals surface area contributed by atoms with Crippen molar-refractivity contribution in [3.8, 4) is 0 Å². The van der Waals surface area contributed by atoms with Crippen molar-refractivity contribution in [3.63, 3.8) is 0 Å². The van der Waals surface area contributed by atoms with Crippen molar-refractivity contribution in [2.24, 2.45) is 11.7 Å². The number of hydrogen-bond donors (Lipinski definition) is 2. The maximum Gasteiger partial charge on any atom is 0.182 e. The second-order valence-corrected chi connectivity index (χ2v) is 9.09. The van der Waals surface area contributed by atoms with Crippen LogP contribution < -0.4 is 15.5 Å². The highest BCUT2D eigenvalue weighted by Gasteiger charge is 2.29. The van der Waals surface area contributed by atoms with E-state index >= 15 is 0 Å². The van der Waals surface area contributed by atoms with E-state index in [2.05, 4.69) is 47.3 Å². The third-order valence-electron chi connectivity index (χ3n) is 6.28. The van der Waals surface area contributed by atoms with Gasteiger partial charge in [0.1, 0.15) is 5.82 Å². The smallest absolute Gasteiger partial charge is 0.182 e. The van der Waals surface area contributed by atoms with E-state index in [9.17, 15) is 0 Å². The van der Waals surface area contributed by atoms with Gasteiger partial charge in [-0.2, -0.15) is 5.10 Å². The van der Waals surface area contributed by atoms with Crippen LogP contribution in [0.5, 0.6) is 0 Å². The summed E-state index contributed by atoms with van der Waals surface area (Å²) >= 11 is 0. The fraction of sp³-hybridized carbons (Fsp3) is 0.591. The number of fused-ring (bicyclic) bond motifs is 1. The summed E-state index contributed by atoms with van der Waals surface area (Å²) in [5.41, 5.74) is 10.6. The summed E-state index contributed by atoms with van der Waals surface area (Å²) in [7, 11) is 0. The molecule has 2 aliphatic rings. The molecular formula is C22H33N7.